The van der Waals surface area contributed by atoms with Crippen LogP contribution in [0.1, 0.15) is 48.2 Å². The highest BCUT2D eigenvalue weighted by atomic mass is 35.5. The van der Waals surface area contributed by atoms with Crippen LogP contribution in [0.15, 0.2) is 84.9 Å². The fraction of sp³-hybridized carbons (Fsp3) is 0.205. The van der Waals surface area contributed by atoms with E-state index in [1.165, 1.54) is 36.4 Å². The van der Waals surface area contributed by atoms with Crippen LogP contribution in [0.3, 0.4) is 0 Å². The van der Waals surface area contributed by atoms with Crippen molar-refractivity contribution in [2.45, 2.75) is 52.3 Å². The van der Waals surface area contributed by atoms with Crippen LogP contribution in [0.2, 0.25) is 10.0 Å². The number of aryl methyl sites for hydroxylation is 2. The minimum Gasteiger partial charge on any atom is -0.406 e. The molecular weight excluding hydrogens is 729 g/mol. The molecule has 0 saturated carbocycles. The van der Waals surface area contributed by atoms with Gasteiger partial charge in [0.25, 0.3) is 0 Å². The minimum absolute atomic E-state index is 0.302. The maximum absolute atomic E-state index is 14.8. The Labute approximate surface area is 304 Å². The molecule has 2 heterocycles. The van der Waals surface area contributed by atoms with Gasteiger partial charge in [0.2, 0.25) is 0 Å². The zero-order chi connectivity index (χ0) is 37.7. The lowest BCUT2D eigenvalue weighted by atomic mass is 9.78. The number of nitrogens with zero attached hydrogens (tertiary/aromatic N) is 2. The molecule has 13 heteroatoms. The molecule has 4 aromatic carbocycles. The van der Waals surface area contributed by atoms with E-state index in [9.17, 15) is 31.1 Å². The summed E-state index contributed by atoms with van der Waals surface area (Å²) in [6.07, 6.45) is -9.89. The van der Waals surface area contributed by atoms with Gasteiger partial charge in [-0.25, -0.2) is 0 Å². The van der Waals surface area contributed by atoms with Gasteiger partial charge < -0.3 is 9.47 Å². The Bertz CT molecular complexity index is 2160. The highest BCUT2D eigenvalue weighted by molar-refractivity contribution is 6.31. The number of benzene rings is 4. The van der Waals surface area contributed by atoms with Crippen LogP contribution >= 0.6 is 23.2 Å². The molecule has 0 bridgehead atoms. The Kier molecular flexibility index (Phi) is 9.89. The van der Waals surface area contributed by atoms with Gasteiger partial charge in [-0.2, -0.15) is 0 Å². The zero-order valence-corrected chi connectivity index (χ0v) is 29.4. The number of pyridine rings is 2. The second-order valence-corrected chi connectivity index (χ2v) is 13.2. The third kappa shape index (κ3) is 7.66. The maximum atomic E-state index is 14.8. The van der Waals surface area contributed by atoms with Crippen LogP contribution in [0.5, 0.6) is 11.5 Å². The number of rotatable bonds is 8. The van der Waals surface area contributed by atoms with Gasteiger partial charge in [0.1, 0.15) is 17.3 Å². The number of fused-ring (bicyclic) bond motifs is 2. The third-order valence-corrected chi connectivity index (χ3v) is 9.33. The summed E-state index contributed by atoms with van der Waals surface area (Å²) in [7, 11) is 0. The van der Waals surface area contributed by atoms with E-state index in [1.54, 1.807) is 76.2 Å². The number of ketones is 1. The average molecular weight is 758 g/mol. The number of carbonyl (C=O) groups excluding carboxylic acids is 1. The first-order valence-corrected chi connectivity index (χ1v) is 16.6. The first-order chi connectivity index (χ1) is 24.4. The van der Waals surface area contributed by atoms with Gasteiger partial charge >= 0.3 is 12.7 Å². The van der Waals surface area contributed by atoms with Gasteiger partial charge in [-0.1, -0.05) is 61.3 Å². The zero-order valence-electron chi connectivity index (χ0n) is 27.9. The molecule has 0 amide bonds. The predicted molar refractivity (Wildman–Crippen MR) is 189 cm³/mol. The van der Waals surface area contributed by atoms with Crippen LogP contribution in [0.4, 0.5) is 26.3 Å². The van der Waals surface area contributed by atoms with Crippen molar-refractivity contribution in [1.82, 2.24) is 9.97 Å². The predicted octanol–water partition coefficient (Wildman–Crippen LogP) is 12.3. The van der Waals surface area contributed by atoms with Gasteiger partial charge in [-0.15, -0.1) is 26.3 Å². The van der Waals surface area contributed by atoms with E-state index >= 15 is 0 Å². The summed E-state index contributed by atoms with van der Waals surface area (Å²) in [6, 6.07) is 21.0. The normalized spacial score (nSPS) is 13.3. The molecule has 5 nitrogen and oxygen atoms in total. The largest absolute Gasteiger partial charge is 0.573 e. The Hall–Kier alpha value is -4.87. The van der Waals surface area contributed by atoms with Crippen LogP contribution in [0.25, 0.3) is 44.1 Å². The first kappa shape index (κ1) is 36.9. The van der Waals surface area contributed by atoms with Gasteiger partial charge in [0, 0.05) is 44.0 Å². The maximum Gasteiger partial charge on any atom is 0.573 e. The van der Waals surface area contributed by atoms with E-state index in [-0.39, 0.29) is 5.78 Å². The molecule has 0 aliphatic heterocycles. The van der Waals surface area contributed by atoms with Crippen molar-refractivity contribution in [1.29, 1.82) is 0 Å². The molecule has 0 aliphatic rings. The second kappa shape index (κ2) is 13.9. The van der Waals surface area contributed by atoms with E-state index < -0.39 is 36.1 Å². The van der Waals surface area contributed by atoms with Gasteiger partial charge in [0.05, 0.1) is 11.0 Å². The number of halogens is 8. The summed E-state index contributed by atoms with van der Waals surface area (Å²) in [5.74, 6) is -3.00. The van der Waals surface area contributed by atoms with Gasteiger partial charge in [-0.05, 0) is 108 Å². The molecule has 0 N–H and O–H groups in total. The van der Waals surface area contributed by atoms with E-state index in [4.69, 9.17) is 23.2 Å². The molecule has 0 aliphatic carbocycles. The summed E-state index contributed by atoms with van der Waals surface area (Å²) >= 11 is 12.4. The molecular formula is C39H28Cl2F6N2O3. The van der Waals surface area contributed by atoms with Crippen molar-refractivity contribution in [2.75, 3.05) is 0 Å². The SMILES string of the molecule is Cc1nc2ccc(OC(F)(F)F)cc2c(-c2ccc(Cl)cc2)c1C(C)C(=O)C(C)c1c(C)nc2ccc(OC(F)(F)F)cc2c1-c1ccc(Cl)cc1. The molecule has 2 atom stereocenters. The van der Waals surface area contributed by atoms with Crippen LogP contribution in [-0.4, -0.2) is 28.5 Å². The number of ether oxygens (including phenoxy) is 2. The summed E-state index contributed by atoms with van der Waals surface area (Å²) in [5.41, 5.74) is 4.73. The Morgan fingerprint density at radius 2 is 0.942 bits per heavy atom. The number of carbonyl (C=O) groups is 1. The van der Waals surface area contributed by atoms with E-state index in [1.807, 2.05) is 0 Å². The topological polar surface area (TPSA) is 61.3 Å². The molecule has 0 fully saturated rings. The molecule has 6 aromatic rings. The molecule has 0 spiro atoms. The van der Waals surface area contributed by atoms with E-state index in [0.29, 0.717) is 76.6 Å². The minimum atomic E-state index is -4.94. The van der Waals surface area contributed by atoms with Crippen molar-refractivity contribution in [2.24, 2.45) is 0 Å². The van der Waals surface area contributed by atoms with Gasteiger partial charge in [-0.3, -0.25) is 14.8 Å². The number of hydrogen-bond acceptors (Lipinski definition) is 5. The van der Waals surface area contributed by atoms with Crippen molar-refractivity contribution in [3.05, 3.63) is 117 Å². The van der Waals surface area contributed by atoms with Crippen molar-refractivity contribution < 1.29 is 40.6 Å². The lowest BCUT2D eigenvalue weighted by molar-refractivity contribution is -0.275. The summed E-state index contributed by atoms with van der Waals surface area (Å²) in [5, 5.41) is 1.49. The highest BCUT2D eigenvalue weighted by Crippen LogP contribution is 2.44. The average Bonchev–Trinajstić information content (AvgIpc) is 3.06. The van der Waals surface area contributed by atoms with Crippen LogP contribution in [-0.2, 0) is 4.79 Å². The standard InChI is InChI=1S/C39H28Cl2F6N2O3/c1-19(33-21(3)48-31-15-13-27(51-38(42,43)44)17-29(31)35(33)23-5-9-25(40)10-6-23)37(50)20(2)34-22(4)49-32-16-14-28(52-39(45,46)47)18-30(32)36(34)24-7-11-26(41)12-8-24/h5-20H,1-4H3. The van der Waals surface area contributed by atoms with E-state index in [0.717, 1.165) is 0 Å². The van der Waals surface area contributed by atoms with Gasteiger partial charge in [0.15, 0.2) is 0 Å². The summed E-state index contributed by atoms with van der Waals surface area (Å²) in [6.45, 7) is 6.80. The molecule has 0 radical (unpaired) electrons. The Morgan fingerprint density at radius 3 is 1.27 bits per heavy atom. The second-order valence-electron chi connectivity index (χ2n) is 12.3. The quantitative estimate of drug-likeness (QED) is 0.145. The molecule has 6 rings (SSSR count). The molecule has 0 saturated heterocycles. The number of hydrogen-bond donors (Lipinski definition) is 0. The Balaban J connectivity index is 1.55. The van der Waals surface area contributed by atoms with Crippen molar-refractivity contribution in [3.63, 3.8) is 0 Å². The van der Waals surface area contributed by atoms with Crippen molar-refractivity contribution >= 4 is 50.8 Å². The highest BCUT2D eigenvalue weighted by Gasteiger charge is 2.34. The fourth-order valence-electron chi connectivity index (χ4n) is 6.73. The van der Waals surface area contributed by atoms with E-state index in [2.05, 4.69) is 19.4 Å². The van der Waals surface area contributed by atoms with Crippen molar-refractivity contribution in [3.8, 4) is 33.8 Å². The third-order valence-electron chi connectivity index (χ3n) is 8.82. The number of Topliss-reactive ketones (excluding diaryl/α,β-unsaturated/α-hetero) is 1. The first-order valence-electron chi connectivity index (χ1n) is 15.9. The Morgan fingerprint density at radius 1 is 0.596 bits per heavy atom. The lowest BCUT2D eigenvalue weighted by Crippen LogP contribution is -2.21. The molecule has 2 aromatic heterocycles. The monoisotopic (exact) mass is 756 g/mol. The van der Waals surface area contributed by atoms with Crippen LogP contribution in [0, 0.1) is 13.8 Å². The molecule has 52 heavy (non-hydrogen) atoms. The lowest BCUT2D eigenvalue weighted by Gasteiger charge is -2.26. The number of alkyl halides is 6. The summed E-state index contributed by atoms with van der Waals surface area (Å²) in [4.78, 5) is 24.1. The fourth-order valence-corrected chi connectivity index (χ4v) is 6.98. The summed E-state index contributed by atoms with van der Waals surface area (Å²) < 4.78 is 88.1. The smallest absolute Gasteiger partial charge is 0.406 e. The van der Waals surface area contributed by atoms with Crippen LogP contribution < -0.4 is 9.47 Å². The molecule has 2 unspecified atom stereocenters. The number of aromatic nitrogens is 2. The molecule has 268 valence electrons.